The molecule has 0 fully saturated rings. The quantitative estimate of drug-likeness (QED) is 0.616. The molecule has 3 aromatic carbocycles. The van der Waals surface area contributed by atoms with Crippen molar-refractivity contribution in [3.63, 3.8) is 0 Å². The van der Waals surface area contributed by atoms with Crippen molar-refractivity contribution in [1.82, 2.24) is 5.32 Å². The van der Waals surface area contributed by atoms with Crippen LogP contribution < -0.4 is 5.32 Å². The summed E-state index contributed by atoms with van der Waals surface area (Å²) in [5.41, 5.74) is 4.03. The Balaban J connectivity index is 1.70. The molecule has 3 aromatic rings. The SMILES string of the molecule is CC(CCc1ccccc1)NC(c1ccccc1)c1ccccc1. The molecule has 0 saturated carbocycles. The fraction of sp³-hybridized carbons (Fsp3) is 0.217. The van der Waals surface area contributed by atoms with Gasteiger partial charge in [0, 0.05) is 6.04 Å². The van der Waals surface area contributed by atoms with Crippen LogP contribution in [0, 0.1) is 0 Å². The summed E-state index contributed by atoms with van der Waals surface area (Å²) >= 11 is 0. The van der Waals surface area contributed by atoms with Crippen LogP contribution in [0.3, 0.4) is 0 Å². The second-order valence-electron chi connectivity index (χ2n) is 6.35. The van der Waals surface area contributed by atoms with Crippen LogP contribution >= 0.6 is 0 Å². The summed E-state index contributed by atoms with van der Waals surface area (Å²) in [6, 6.07) is 32.8. The smallest absolute Gasteiger partial charge is 0.0578 e. The van der Waals surface area contributed by atoms with Crippen LogP contribution in [-0.4, -0.2) is 6.04 Å². The van der Waals surface area contributed by atoms with Gasteiger partial charge in [-0.3, -0.25) is 0 Å². The van der Waals surface area contributed by atoms with Crippen LogP contribution in [0.5, 0.6) is 0 Å². The van der Waals surface area contributed by atoms with Gasteiger partial charge in [0.25, 0.3) is 0 Å². The van der Waals surface area contributed by atoms with E-state index in [1.165, 1.54) is 16.7 Å². The van der Waals surface area contributed by atoms with Gasteiger partial charge in [-0.15, -0.1) is 0 Å². The molecule has 0 spiro atoms. The van der Waals surface area contributed by atoms with Gasteiger partial charge >= 0.3 is 0 Å². The Labute approximate surface area is 145 Å². The highest BCUT2D eigenvalue weighted by molar-refractivity contribution is 5.31. The third-order valence-electron chi connectivity index (χ3n) is 4.43. The monoisotopic (exact) mass is 315 g/mol. The van der Waals surface area contributed by atoms with Crippen LogP contribution in [0.15, 0.2) is 91.0 Å². The highest BCUT2D eigenvalue weighted by atomic mass is 14.9. The molecule has 122 valence electrons. The Morgan fingerprint density at radius 2 is 1.12 bits per heavy atom. The predicted octanol–water partition coefficient (Wildman–Crippen LogP) is 5.39. The number of hydrogen-bond donors (Lipinski definition) is 1. The van der Waals surface area contributed by atoms with Crippen molar-refractivity contribution in [1.29, 1.82) is 0 Å². The molecule has 0 amide bonds. The first-order valence-electron chi connectivity index (χ1n) is 8.73. The van der Waals surface area contributed by atoms with Crippen molar-refractivity contribution in [2.24, 2.45) is 0 Å². The lowest BCUT2D eigenvalue weighted by molar-refractivity contribution is 0.473. The maximum Gasteiger partial charge on any atom is 0.0578 e. The van der Waals surface area contributed by atoms with E-state index in [9.17, 15) is 0 Å². The van der Waals surface area contributed by atoms with Gasteiger partial charge < -0.3 is 5.32 Å². The molecule has 24 heavy (non-hydrogen) atoms. The summed E-state index contributed by atoms with van der Waals surface area (Å²) in [5, 5.41) is 3.82. The van der Waals surface area contributed by atoms with E-state index in [1.54, 1.807) is 0 Å². The average molecular weight is 315 g/mol. The fourth-order valence-corrected chi connectivity index (χ4v) is 3.07. The molecule has 0 aliphatic carbocycles. The van der Waals surface area contributed by atoms with Crippen LogP contribution in [0.4, 0.5) is 0 Å². The van der Waals surface area contributed by atoms with Gasteiger partial charge in [0.1, 0.15) is 0 Å². The summed E-state index contributed by atoms with van der Waals surface area (Å²) in [6.07, 6.45) is 2.23. The fourth-order valence-electron chi connectivity index (χ4n) is 3.07. The molecule has 1 unspecified atom stereocenters. The lowest BCUT2D eigenvalue weighted by Gasteiger charge is -2.24. The lowest BCUT2D eigenvalue weighted by atomic mass is 9.97. The van der Waals surface area contributed by atoms with E-state index in [0.717, 1.165) is 12.8 Å². The second kappa shape index (κ2) is 8.47. The average Bonchev–Trinajstić information content (AvgIpc) is 2.67. The molecule has 3 rings (SSSR count). The number of benzene rings is 3. The maximum atomic E-state index is 3.82. The van der Waals surface area contributed by atoms with Gasteiger partial charge in [0.15, 0.2) is 0 Å². The minimum absolute atomic E-state index is 0.234. The molecule has 1 heteroatoms. The highest BCUT2D eigenvalue weighted by Gasteiger charge is 2.16. The van der Waals surface area contributed by atoms with Crippen molar-refractivity contribution < 1.29 is 0 Å². The van der Waals surface area contributed by atoms with Crippen molar-refractivity contribution in [2.45, 2.75) is 31.8 Å². The number of nitrogens with one attached hydrogen (secondary N) is 1. The van der Waals surface area contributed by atoms with E-state index in [1.807, 2.05) is 0 Å². The number of rotatable bonds is 7. The molecule has 0 bridgehead atoms. The maximum absolute atomic E-state index is 3.82. The van der Waals surface area contributed by atoms with E-state index in [-0.39, 0.29) is 6.04 Å². The zero-order valence-corrected chi connectivity index (χ0v) is 14.2. The Hall–Kier alpha value is -2.38. The minimum atomic E-state index is 0.234. The Kier molecular flexibility index (Phi) is 5.81. The van der Waals surface area contributed by atoms with Gasteiger partial charge in [0.2, 0.25) is 0 Å². The Morgan fingerprint density at radius 1 is 0.667 bits per heavy atom. The largest absolute Gasteiger partial charge is 0.304 e. The standard InChI is InChI=1S/C23H25N/c1-19(17-18-20-11-5-2-6-12-20)24-23(21-13-7-3-8-14-21)22-15-9-4-10-16-22/h2-16,19,23-24H,17-18H2,1H3. The van der Waals surface area contributed by atoms with Gasteiger partial charge in [-0.2, -0.15) is 0 Å². The van der Waals surface area contributed by atoms with Crippen molar-refractivity contribution >= 4 is 0 Å². The second-order valence-corrected chi connectivity index (χ2v) is 6.35. The molecule has 0 radical (unpaired) electrons. The van der Waals surface area contributed by atoms with E-state index in [2.05, 4.69) is 103 Å². The summed E-state index contributed by atoms with van der Waals surface area (Å²) in [6.45, 7) is 2.28. The zero-order chi connectivity index (χ0) is 16.6. The number of aryl methyl sites for hydroxylation is 1. The molecule has 0 aliphatic rings. The summed E-state index contributed by atoms with van der Waals surface area (Å²) < 4.78 is 0. The van der Waals surface area contributed by atoms with Crippen molar-refractivity contribution in [3.05, 3.63) is 108 Å². The first kappa shape index (κ1) is 16.5. The van der Waals surface area contributed by atoms with Gasteiger partial charge in [-0.05, 0) is 36.5 Å². The number of hydrogen-bond acceptors (Lipinski definition) is 1. The van der Waals surface area contributed by atoms with Crippen LogP contribution in [-0.2, 0) is 6.42 Å². The zero-order valence-electron chi connectivity index (χ0n) is 14.2. The van der Waals surface area contributed by atoms with Gasteiger partial charge in [-0.1, -0.05) is 91.0 Å². The van der Waals surface area contributed by atoms with E-state index in [4.69, 9.17) is 0 Å². The highest BCUT2D eigenvalue weighted by Crippen LogP contribution is 2.23. The molecule has 1 N–H and O–H groups in total. The molecule has 0 aliphatic heterocycles. The summed E-state index contributed by atoms with van der Waals surface area (Å²) in [4.78, 5) is 0. The van der Waals surface area contributed by atoms with Crippen LogP contribution in [0.2, 0.25) is 0 Å². The third kappa shape index (κ3) is 4.56. The first-order chi connectivity index (χ1) is 11.8. The predicted molar refractivity (Wildman–Crippen MR) is 102 cm³/mol. The lowest BCUT2D eigenvalue weighted by Crippen LogP contribution is -2.31. The molecule has 1 nitrogen and oxygen atoms in total. The molecule has 0 saturated heterocycles. The van der Waals surface area contributed by atoms with Crippen LogP contribution in [0.25, 0.3) is 0 Å². The van der Waals surface area contributed by atoms with E-state index < -0.39 is 0 Å². The van der Waals surface area contributed by atoms with Gasteiger partial charge in [-0.25, -0.2) is 0 Å². The van der Waals surface area contributed by atoms with Crippen molar-refractivity contribution in [2.75, 3.05) is 0 Å². The normalized spacial score (nSPS) is 12.2. The molecule has 0 aromatic heterocycles. The van der Waals surface area contributed by atoms with E-state index >= 15 is 0 Å². The molecular formula is C23H25N. The van der Waals surface area contributed by atoms with Crippen molar-refractivity contribution in [3.8, 4) is 0 Å². The molecular weight excluding hydrogens is 290 g/mol. The van der Waals surface area contributed by atoms with Crippen LogP contribution in [0.1, 0.15) is 36.1 Å². The summed E-state index contributed by atoms with van der Waals surface area (Å²) in [7, 11) is 0. The van der Waals surface area contributed by atoms with E-state index in [0.29, 0.717) is 6.04 Å². The minimum Gasteiger partial charge on any atom is -0.304 e. The topological polar surface area (TPSA) is 12.0 Å². The third-order valence-corrected chi connectivity index (χ3v) is 4.43. The van der Waals surface area contributed by atoms with Gasteiger partial charge in [0.05, 0.1) is 6.04 Å². The molecule has 0 heterocycles. The summed E-state index contributed by atoms with van der Waals surface area (Å²) in [5.74, 6) is 0. The molecule has 1 atom stereocenters. The first-order valence-corrected chi connectivity index (χ1v) is 8.73. The Morgan fingerprint density at radius 3 is 1.62 bits per heavy atom. The Bertz CT molecular complexity index is 667.